The summed E-state index contributed by atoms with van der Waals surface area (Å²) in [6.07, 6.45) is 6.30. The van der Waals surface area contributed by atoms with E-state index in [-0.39, 0.29) is 16.7 Å². The first kappa shape index (κ1) is 24.0. The Morgan fingerprint density at radius 1 is 1.17 bits per heavy atom. The summed E-state index contributed by atoms with van der Waals surface area (Å²) >= 11 is 1.94. The van der Waals surface area contributed by atoms with Crippen LogP contribution in [0.25, 0.3) is 0 Å². The van der Waals surface area contributed by atoms with E-state index in [9.17, 15) is 15.0 Å². The maximum atomic E-state index is 11.7. The lowest BCUT2D eigenvalue weighted by Gasteiger charge is -2.59. The monoisotopic (exact) mass is 435 g/mol. The predicted octanol–water partition coefficient (Wildman–Crippen LogP) is 4.10. The van der Waals surface area contributed by atoms with Gasteiger partial charge in [0.05, 0.1) is 12.2 Å². The molecule has 0 radical (unpaired) electrons. The van der Waals surface area contributed by atoms with Gasteiger partial charge in [0.15, 0.2) is 0 Å². The minimum absolute atomic E-state index is 0.130. The molecule has 3 aliphatic rings. The molecule has 4 nitrogen and oxygen atoms in total. The van der Waals surface area contributed by atoms with Crippen molar-refractivity contribution in [3.8, 4) is 0 Å². The molecule has 0 aromatic rings. The molecule has 5 heteroatoms. The Morgan fingerprint density at radius 2 is 1.83 bits per heavy atom. The zero-order valence-electron chi connectivity index (χ0n) is 19.2. The third-order valence-electron chi connectivity index (χ3n) is 9.14. The molecule has 4 N–H and O–H groups in total. The van der Waals surface area contributed by atoms with E-state index in [2.05, 4.69) is 27.4 Å². The molecule has 3 fully saturated rings. The summed E-state index contributed by atoms with van der Waals surface area (Å²) in [6.45, 7) is 13.2. The maximum Gasteiger partial charge on any atom is 0.142 e. The smallest absolute Gasteiger partial charge is 0.142 e. The van der Waals surface area contributed by atoms with Crippen molar-refractivity contribution < 1.29 is 15.0 Å². The molecule has 0 spiro atoms. The molecule has 0 amide bonds. The lowest BCUT2D eigenvalue weighted by atomic mass is 9.48. The third kappa shape index (κ3) is 3.85. The Kier molecular flexibility index (Phi) is 6.99. The van der Waals surface area contributed by atoms with Gasteiger partial charge in [0.1, 0.15) is 6.29 Å². The van der Waals surface area contributed by atoms with Crippen LogP contribution in [0.4, 0.5) is 0 Å². The summed E-state index contributed by atoms with van der Waals surface area (Å²) in [4.78, 5) is 11.7. The first-order valence-electron chi connectivity index (χ1n) is 11.6. The predicted molar refractivity (Wildman–Crippen MR) is 125 cm³/mol. The van der Waals surface area contributed by atoms with E-state index in [1.54, 1.807) is 6.08 Å². The zero-order valence-corrected chi connectivity index (χ0v) is 20.0. The second-order valence-electron chi connectivity index (χ2n) is 10.8. The summed E-state index contributed by atoms with van der Waals surface area (Å²) in [7, 11) is 0. The van der Waals surface area contributed by atoms with Crippen LogP contribution in [0, 0.1) is 28.6 Å². The number of aldehydes is 1. The van der Waals surface area contributed by atoms with Crippen molar-refractivity contribution >= 4 is 18.0 Å². The van der Waals surface area contributed by atoms with E-state index in [0.29, 0.717) is 24.7 Å². The molecular weight excluding hydrogens is 394 g/mol. The number of thioether (sulfide) groups is 1. The van der Waals surface area contributed by atoms with Gasteiger partial charge < -0.3 is 15.9 Å². The Balaban J connectivity index is 1.94. The molecule has 8 unspecified atom stereocenters. The average molecular weight is 436 g/mol. The number of hydrogen-bond acceptors (Lipinski definition) is 5. The van der Waals surface area contributed by atoms with Crippen molar-refractivity contribution in [2.45, 2.75) is 84.0 Å². The third-order valence-corrected chi connectivity index (χ3v) is 10.1. The van der Waals surface area contributed by atoms with Crippen LogP contribution in [0.2, 0.25) is 0 Å². The highest BCUT2D eigenvalue weighted by Gasteiger charge is 2.59. The summed E-state index contributed by atoms with van der Waals surface area (Å²) in [6, 6.07) is 0. The highest BCUT2D eigenvalue weighted by atomic mass is 32.2. The van der Waals surface area contributed by atoms with Gasteiger partial charge in [-0.2, -0.15) is 11.8 Å². The molecule has 0 saturated heterocycles. The molecule has 3 saturated carbocycles. The van der Waals surface area contributed by atoms with Crippen LogP contribution in [0.1, 0.15) is 66.2 Å². The van der Waals surface area contributed by atoms with Gasteiger partial charge in [0.2, 0.25) is 0 Å². The summed E-state index contributed by atoms with van der Waals surface area (Å²) in [5.41, 5.74) is 8.52. The SMILES string of the molecule is C=C(CSCC)C1CCC2/C(=C/C=O)C(C3(C)CC(O)C(O)CC3(C)N)CCC12C. The molecule has 0 bridgehead atoms. The van der Waals surface area contributed by atoms with Crippen LogP contribution >= 0.6 is 11.8 Å². The van der Waals surface area contributed by atoms with Gasteiger partial charge in [-0.05, 0) is 85.9 Å². The van der Waals surface area contributed by atoms with Gasteiger partial charge in [-0.1, -0.05) is 38.5 Å². The van der Waals surface area contributed by atoms with Gasteiger partial charge >= 0.3 is 0 Å². The standard InChI is InChI=1S/C25H41NO3S/c1-6-30-15-16(2)18-7-8-19-17(10-12-27)20(9-11-23(18,19)3)24(4)13-21(28)22(29)14-25(24,5)26/h10,12,18-22,28-29H,2,6-9,11,13-15,26H2,1,3-5H3/b17-10-. The molecule has 30 heavy (non-hydrogen) atoms. The highest BCUT2D eigenvalue weighted by molar-refractivity contribution is 7.99. The molecular formula is C25H41NO3S. The first-order chi connectivity index (χ1) is 14.0. The van der Waals surface area contributed by atoms with E-state index < -0.39 is 17.7 Å². The number of aliphatic hydroxyl groups excluding tert-OH is 2. The molecule has 3 rings (SSSR count). The minimum Gasteiger partial charge on any atom is -0.390 e. The van der Waals surface area contributed by atoms with E-state index >= 15 is 0 Å². The molecule has 0 aromatic carbocycles. The fraction of sp³-hybridized carbons (Fsp3) is 0.800. The Labute approximate surface area is 186 Å². The van der Waals surface area contributed by atoms with Gasteiger partial charge in [-0.25, -0.2) is 0 Å². The fourth-order valence-electron chi connectivity index (χ4n) is 7.15. The van der Waals surface area contributed by atoms with E-state index in [1.165, 1.54) is 11.1 Å². The van der Waals surface area contributed by atoms with Crippen LogP contribution in [-0.4, -0.2) is 45.8 Å². The second-order valence-corrected chi connectivity index (χ2v) is 12.0. The summed E-state index contributed by atoms with van der Waals surface area (Å²) in [5.74, 6) is 3.11. The van der Waals surface area contributed by atoms with Crippen LogP contribution in [0.5, 0.6) is 0 Å². The van der Waals surface area contributed by atoms with Gasteiger partial charge in [0, 0.05) is 11.3 Å². The lowest BCUT2D eigenvalue weighted by molar-refractivity contribution is -0.109. The van der Waals surface area contributed by atoms with E-state index in [0.717, 1.165) is 43.5 Å². The summed E-state index contributed by atoms with van der Waals surface area (Å²) < 4.78 is 0. The average Bonchev–Trinajstić information content (AvgIpc) is 3.02. The molecule has 0 aromatic heterocycles. The van der Waals surface area contributed by atoms with Crippen molar-refractivity contribution in [3.63, 3.8) is 0 Å². The fourth-order valence-corrected chi connectivity index (χ4v) is 7.81. The molecule has 0 aliphatic heterocycles. The number of carbonyl (C=O) groups excluding carboxylic acids is 1. The molecule has 3 aliphatic carbocycles. The Hall–Kier alpha value is -0.620. The van der Waals surface area contributed by atoms with Crippen molar-refractivity contribution in [2.24, 2.45) is 34.3 Å². The number of carbonyl (C=O) groups is 1. The summed E-state index contributed by atoms with van der Waals surface area (Å²) in [5, 5.41) is 20.8. The van der Waals surface area contributed by atoms with Gasteiger partial charge in [-0.3, -0.25) is 4.79 Å². The van der Waals surface area contributed by atoms with Gasteiger partial charge in [-0.15, -0.1) is 0 Å². The highest BCUT2D eigenvalue weighted by Crippen LogP contribution is 2.65. The minimum atomic E-state index is -0.782. The van der Waals surface area contributed by atoms with E-state index in [4.69, 9.17) is 5.73 Å². The Bertz CT molecular complexity index is 705. The molecule has 0 heterocycles. The van der Waals surface area contributed by atoms with Crippen molar-refractivity contribution in [1.82, 2.24) is 0 Å². The number of nitrogens with two attached hydrogens (primary N) is 1. The number of aliphatic hydroxyl groups is 2. The molecule has 8 atom stereocenters. The number of fused-ring (bicyclic) bond motifs is 1. The van der Waals surface area contributed by atoms with Crippen molar-refractivity contribution in [3.05, 3.63) is 23.8 Å². The molecule has 170 valence electrons. The first-order valence-corrected chi connectivity index (χ1v) is 12.7. The van der Waals surface area contributed by atoms with E-state index in [1.807, 2.05) is 18.7 Å². The number of rotatable bonds is 6. The van der Waals surface area contributed by atoms with Crippen LogP contribution in [0.15, 0.2) is 23.8 Å². The second kappa shape index (κ2) is 8.73. The van der Waals surface area contributed by atoms with Crippen LogP contribution in [0.3, 0.4) is 0 Å². The quantitative estimate of drug-likeness (QED) is 0.332. The van der Waals surface area contributed by atoms with Gasteiger partial charge in [0.25, 0.3) is 0 Å². The lowest BCUT2D eigenvalue weighted by Crippen LogP contribution is -2.64. The van der Waals surface area contributed by atoms with Crippen LogP contribution < -0.4 is 5.73 Å². The largest absolute Gasteiger partial charge is 0.390 e. The van der Waals surface area contributed by atoms with Crippen molar-refractivity contribution in [1.29, 1.82) is 0 Å². The van der Waals surface area contributed by atoms with Crippen LogP contribution in [-0.2, 0) is 4.79 Å². The normalized spacial score (nSPS) is 47.8. The zero-order chi connectivity index (χ0) is 22.3. The number of allylic oxidation sites excluding steroid dienone is 2. The number of hydrogen-bond donors (Lipinski definition) is 3. The maximum absolute atomic E-state index is 11.7. The Morgan fingerprint density at radius 3 is 2.47 bits per heavy atom. The topological polar surface area (TPSA) is 83.5 Å². The van der Waals surface area contributed by atoms with Crippen molar-refractivity contribution in [2.75, 3.05) is 11.5 Å².